The average molecular weight is 332 g/mol. The number of aliphatic hydroxyl groups is 1. The Morgan fingerprint density at radius 2 is 1.96 bits per heavy atom. The molecule has 8 heteroatoms. The number of allylic oxidation sites excluding steroid dienone is 1. The van der Waals surface area contributed by atoms with Gasteiger partial charge < -0.3 is 14.4 Å². The number of ether oxygens (including phenoxy) is 1. The Bertz CT molecular complexity index is 808. The number of methoxy groups -OCH3 is 1. The van der Waals surface area contributed by atoms with E-state index in [1.54, 1.807) is 16.7 Å². The second-order valence-electron chi connectivity index (χ2n) is 4.77. The summed E-state index contributed by atoms with van der Waals surface area (Å²) in [7, 11) is 1.00. The summed E-state index contributed by atoms with van der Waals surface area (Å²) in [6.07, 6.45) is 3.19. The van der Waals surface area contributed by atoms with E-state index >= 15 is 0 Å². The summed E-state index contributed by atoms with van der Waals surface area (Å²) in [6, 6.07) is 5.79. The summed E-state index contributed by atoms with van der Waals surface area (Å²) in [5.41, 5.74) is 0.678. The zero-order valence-corrected chi connectivity index (χ0v) is 12.6. The molecule has 0 amide bonds. The van der Waals surface area contributed by atoms with Crippen molar-refractivity contribution in [1.82, 2.24) is 9.55 Å². The fraction of sp³-hybridized carbons (Fsp3) is 0.125. The fourth-order valence-corrected chi connectivity index (χ4v) is 1.84. The lowest BCUT2D eigenvalue weighted by molar-refractivity contribution is -0.149. The SMILES string of the molecule is COC(=O)C(=O)/C=C(\O)C(=O)c1cn(Cc2ccc(F)cc2)cn1. The molecule has 0 unspecified atom stereocenters. The summed E-state index contributed by atoms with van der Waals surface area (Å²) in [5.74, 6) is -4.54. The van der Waals surface area contributed by atoms with Gasteiger partial charge in [0.25, 0.3) is 5.78 Å². The Hall–Kier alpha value is -3.29. The number of halogens is 1. The minimum Gasteiger partial charge on any atom is -0.504 e. The summed E-state index contributed by atoms with van der Waals surface area (Å²) in [5, 5.41) is 9.61. The van der Waals surface area contributed by atoms with Crippen LogP contribution in [0.2, 0.25) is 0 Å². The van der Waals surface area contributed by atoms with Gasteiger partial charge in [0.2, 0.25) is 5.78 Å². The van der Waals surface area contributed by atoms with E-state index in [0.717, 1.165) is 12.7 Å². The van der Waals surface area contributed by atoms with Gasteiger partial charge in [0.05, 0.1) is 13.4 Å². The molecule has 0 aliphatic rings. The average Bonchev–Trinajstić information content (AvgIpc) is 3.03. The first-order chi connectivity index (χ1) is 11.4. The molecule has 0 spiro atoms. The van der Waals surface area contributed by atoms with Crippen LogP contribution in [0.25, 0.3) is 0 Å². The molecule has 124 valence electrons. The predicted octanol–water partition coefficient (Wildman–Crippen LogP) is 1.44. The van der Waals surface area contributed by atoms with Crippen LogP contribution in [0.5, 0.6) is 0 Å². The van der Waals surface area contributed by atoms with Gasteiger partial charge in [-0.3, -0.25) is 9.59 Å². The molecule has 0 aliphatic carbocycles. The standard InChI is InChI=1S/C16H13FN2O5/c1-24-16(23)14(21)6-13(20)15(22)12-8-19(9-18-12)7-10-2-4-11(17)5-3-10/h2-6,8-9,20H,7H2,1H3/b13-6-. The minimum absolute atomic E-state index is 0.108. The van der Waals surface area contributed by atoms with Crippen LogP contribution in [0, 0.1) is 5.82 Å². The number of benzene rings is 1. The third kappa shape index (κ3) is 4.13. The van der Waals surface area contributed by atoms with E-state index in [2.05, 4.69) is 9.72 Å². The number of hydrogen-bond donors (Lipinski definition) is 1. The lowest BCUT2D eigenvalue weighted by atomic mass is 10.2. The number of ketones is 2. The van der Waals surface area contributed by atoms with E-state index in [0.29, 0.717) is 12.6 Å². The molecule has 0 saturated carbocycles. The highest BCUT2D eigenvalue weighted by atomic mass is 19.1. The summed E-state index contributed by atoms with van der Waals surface area (Å²) in [6.45, 7) is 0.339. The van der Waals surface area contributed by atoms with E-state index < -0.39 is 23.3 Å². The van der Waals surface area contributed by atoms with Gasteiger partial charge in [-0.15, -0.1) is 0 Å². The van der Waals surface area contributed by atoms with Crippen molar-refractivity contribution in [2.45, 2.75) is 6.54 Å². The Balaban J connectivity index is 2.10. The number of nitrogens with zero attached hydrogens (tertiary/aromatic N) is 2. The van der Waals surface area contributed by atoms with Crippen molar-refractivity contribution < 1.29 is 28.6 Å². The number of rotatable bonds is 6. The summed E-state index contributed by atoms with van der Waals surface area (Å²) in [4.78, 5) is 38.0. The van der Waals surface area contributed by atoms with Crippen LogP contribution in [0.15, 0.2) is 48.6 Å². The van der Waals surface area contributed by atoms with Gasteiger partial charge in [0.15, 0.2) is 5.76 Å². The molecule has 1 heterocycles. The molecule has 0 bridgehead atoms. The lowest BCUT2D eigenvalue weighted by Gasteiger charge is -2.01. The quantitative estimate of drug-likeness (QED) is 0.282. The van der Waals surface area contributed by atoms with Crippen molar-refractivity contribution in [2.75, 3.05) is 7.11 Å². The maximum absolute atomic E-state index is 12.9. The molecular formula is C16H13FN2O5. The molecule has 0 saturated heterocycles. The number of hydrogen-bond acceptors (Lipinski definition) is 6. The van der Waals surface area contributed by atoms with Crippen LogP contribution >= 0.6 is 0 Å². The van der Waals surface area contributed by atoms with Crippen molar-refractivity contribution >= 4 is 17.5 Å². The first-order valence-electron chi connectivity index (χ1n) is 6.74. The highest BCUT2D eigenvalue weighted by molar-refractivity contribution is 6.39. The van der Waals surface area contributed by atoms with E-state index in [1.165, 1.54) is 24.7 Å². The van der Waals surface area contributed by atoms with Crippen molar-refractivity contribution in [3.05, 3.63) is 65.7 Å². The minimum atomic E-state index is -1.20. The van der Waals surface area contributed by atoms with Crippen LogP contribution in [-0.2, 0) is 20.9 Å². The number of carbonyl (C=O) groups is 3. The molecule has 1 aromatic carbocycles. The van der Waals surface area contributed by atoms with E-state index in [9.17, 15) is 23.9 Å². The molecule has 0 aliphatic heterocycles. The highest BCUT2D eigenvalue weighted by Gasteiger charge is 2.19. The van der Waals surface area contributed by atoms with Crippen molar-refractivity contribution in [3.63, 3.8) is 0 Å². The zero-order valence-electron chi connectivity index (χ0n) is 12.6. The van der Waals surface area contributed by atoms with Crippen LogP contribution in [-0.4, -0.2) is 39.3 Å². The van der Waals surface area contributed by atoms with Gasteiger partial charge >= 0.3 is 5.97 Å². The smallest absolute Gasteiger partial charge is 0.378 e. The number of aromatic nitrogens is 2. The zero-order chi connectivity index (χ0) is 17.7. The van der Waals surface area contributed by atoms with Crippen LogP contribution < -0.4 is 0 Å². The van der Waals surface area contributed by atoms with E-state index in [4.69, 9.17) is 0 Å². The number of esters is 1. The van der Waals surface area contributed by atoms with Crippen molar-refractivity contribution in [3.8, 4) is 0 Å². The Labute approximate surface area is 136 Å². The fourth-order valence-electron chi connectivity index (χ4n) is 1.84. The molecule has 0 radical (unpaired) electrons. The molecule has 1 aromatic heterocycles. The Morgan fingerprint density at radius 1 is 1.29 bits per heavy atom. The van der Waals surface area contributed by atoms with Gasteiger partial charge in [-0.1, -0.05) is 12.1 Å². The van der Waals surface area contributed by atoms with Gasteiger partial charge in [-0.05, 0) is 17.7 Å². The normalized spacial score (nSPS) is 11.2. The van der Waals surface area contributed by atoms with Crippen LogP contribution in [0.3, 0.4) is 0 Å². The first kappa shape index (κ1) is 17.1. The van der Waals surface area contributed by atoms with Crippen molar-refractivity contribution in [2.24, 2.45) is 0 Å². The second-order valence-corrected chi connectivity index (χ2v) is 4.77. The molecule has 1 N–H and O–H groups in total. The van der Waals surface area contributed by atoms with Crippen molar-refractivity contribution in [1.29, 1.82) is 0 Å². The number of Topliss-reactive ketones (excluding diaryl/α,β-unsaturated/α-hetero) is 1. The third-order valence-corrected chi connectivity index (χ3v) is 3.03. The lowest BCUT2D eigenvalue weighted by Crippen LogP contribution is -2.15. The maximum Gasteiger partial charge on any atom is 0.378 e. The number of aliphatic hydroxyl groups excluding tert-OH is 1. The molecule has 0 fully saturated rings. The van der Waals surface area contributed by atoms with Gasteiger partial charge in [-0.25, -0.2) is 14.2 Å². The van der Waals surface area contributed by atoms with Gasteiger partial charge in [-0.2, -0.15) is 0 Å². The number of carbonyl (C=O) groups excluding carboxylic acids is 3. The molecular weight excluding hydrogens is 319 g/mol. The summed E-state index contributed by atoms with van der Waals surface area (Å²) < 4.78 is 18.6. The Kier molecular flexibility index (Phi) is 5.20. The van der Waals surface area contributed by atoms with Crippen LogP contribution in [0.4, 0.5) is 4.39 Å². The first-order valence-corrected chi connectivity index (χ1v) is 6.74. The van der Waals surface area contributed by atoms with E-state index in [1.807, 2.05) is 0 Å². The molecule has 0 atom stereocenters. The highest BCUT2D eigenvalue weighted by Crippen LogP contribution is 2.08. The van der Waals surface area contributed by atoms with Crippen LogP contribution in [0.1, 0.15) is 16.1 Å². The molecule has 2 rings (SSSR count). The number of imidazole rings is 1. The molecule has 7 nitrogen and oxygen atoms in total. The predicted molar refractivity (Wildman–Crippen MR) is 79.8 cm³/mol. The van der Waals surface area contributed by atoms with Gasteiger partial charge in [0.1, 0.15) is 11.5 Å². The monoisotopic (exact) mass is 332 g/mol. The third-order valence-electron chi connectivity index (χ3n) is 3.03. The topological polar surface area (TPSA) is 98.5 Å². The Morgan fingerprint density at radius 3 is 2.58 bits per heavy atom. The summed E-state index contributed by atoms with van der Waals surface area (Å²) >= 11 is 0. The second kappa shape index (κ2) is 7.32. The molecule has 2 aromatic rings. The molecule has 24 heavy (non-hydrogen) atoms. The van der Waals surface area contributed by atoms with Gasteiger partial charge in [0, 0.05) is 18.8 Å². The van der Waals surface area contributed by atoms with E-state index in [-0.39, 0.29) is 11.5 Å². The maximum atomic E-state index is 12.9. The largest absolute Gasteiger partial charge is 0.504 e.